The third kappa shape index (κ3) is 6.27. The van der Waals surface area contributed by atoms with Crippen molar-refractivity contribution in [3.8, 4) is 0 Å². The number of aliphatic hydroxyl groups is 1. The molecule has 0 heterocycles. The van der Waals surface area contributed by atoms with E-state index >= 15 is 0 Å². The lowest BCUT2D eigenvalue weighted by molar-refractivity contribution is -0.114. The lowest BCUT2D eigenvalue weighted by Crippen LogP contribution is -2.37. The molecule has 0 aromatic heterocycles. The Balaban J connectivity index is 2.60. The van der Waals surface area contributed by atoms with Crippen molar-refractivity contribution in [1.29, 1.82) is 0 Å². The van der Waals surface area contributed by atoms with E-state index < -0.39 is 0 Å². The molecule has 0 saturated carbocycles. The maximum atomic E-state index is 12.1. The van der Waals surface area contributed by atoms with Gasteiger partial charge < -0.3 is 20.6 Å². The molecule has 0 radical (unpaired) electrons. The Morgan fingerprint density at radius 1 is 1.10 bits per heavy atom. The number of carbonyl (C=O) groups excluding carboxylic acids is 2. The monoisotopic (exact) mass is 293 g/mol. The zero-order valence-corrected chi connectivity index (χ0v) is 12.6. The molecule has 1 aromatic carbocycles. The van der Waals surface area contributed by atoms with Gasteiger partial charge in [0, 0.05) is 31.4 Å². The fourth-order valence-electron chi connectivity index (χ4n) is 1.83. The topological polar surface area (TPSA) is 81.7 Å². The van der Waals surface area contributed by atoms with Gasteiger partial charge in [-0.1, -0.05) is 13.3 Å². The zero-order chi connectivity index (χ0) is 15.7. The van der Waals surface area contributed by atoms with E-state index in [1.165, 1.54) is 6.92 Å². The summed E-state index contributed by atoms with van der Waals surface area (Å²) in [6, 6.07) is 6.66. The van der Waals surface area contributed by atoms with Crippen molar-refractivity contribution in [3.05, 3.63) is 24.3 Å². The van der Waals surface area contributed by atoms with Crippen LogP contribution in [0.25, 0.3) is 0 Å². The van der Waals surface area contributed by atoms with Gasteiger partial charge in [0.15, 0.2) is 0 Å². The minimum atomic E-state index is -0.232. The van der Waals surface area contributed by atoms with E-state index in [1.807, 2.05) is 0 Å². The third-order valence-corrected chi connectivity index (χ3v) is 2.90. The summed E-state index contributed by atoms with van der Waals surface area (Å²) in [6.07, 6.45) is 1.88. The molecule has 116 valence electrons. The standard InChI is InChI=1S/C15H23N3O3/c1-3-4-9-18(10-11-19)15(21)17-14-7-5-13(6-8-14)16-12(2)20/h5-8,19H,3-4,9-11H2,1-2H3,(H,16,20)(H,17,21). The smallest absolute Gasteiger partial charge is 0.321 e. The Kier molecular flexibility index (Phi) is 7.25. The van der Waals surface area contributed by atoms with Crippen LogP contribution in [0.3, 0.4) is 0 Å². The van der Waals surface area contributed by atoms with Crippen molar-refractivity contribution >= 4 is 23.3 Å². The third-order valence-electron chi connectivity index (χ3n) is 2.90. The van der Waals surface area contributed by atoms with Gasteiger partial charge in [0.2, 0.25) is 5.91 Å². The van der Waals surface area contributed by atoms with Crippen LogP contribution in [0.5, 0.6) is 0 Å². The molecule has 21 heavy (non-hydrogen) atoms. The van der Waals surface area contributed by atoms with Crippen LogP contribution in [0.2, 0.25) is 0 Å². The molecule has 1 aromatic rings. The van der Waals surface area contributed by atoms with Gasteiger partial charge in [0.1, 0.15) is 0 Å². The van der Waals surface area contributed by atoms with Crippen molar-refractivity contribution in [1.82, 2.24) is 4.90 Å². The Hall–Kier alpha value is -2.08. The number of anilines is 2. The van der Waals surface area contributed by atoms with E-state index in [-0.39, 0.29) is 18.5 Å². The second-order valence-electron chi connectivity index (χ2n) is 4.75. The summed E-state index contributed by atoms with van der Waals surface area (Å²) in [5.41, 5.74) is 1.33. The molecule has 0 aliphatic heterocycles. The molecule has 0 spiro atoms. The second-order valence-corrected chi connectivity index (χ2v) is 4.75. The predicted octanol–water partition coefficient (Wildman–Crippen LogP) is 2.27. The summed E-state index contributed by atoms with van der Waals surface area (Å²) >= 11 is 0. The number of aliphatic hydroxyl groups excluding tert-OH is 1. The Morgan fingerprint density at radius 3 is 2.14 bits per heavy atom. The Labute approximate surface area is 125 Å². The van der Waals surface area contributed by atoms with Gasteiger partial charge in [0.25, 0.3) is 0 Å². The van der Waals surface area contributed by atoms with Gasteiger partial charge >= 0.3 is 6.03 Å². The molecule has 6 nitrogen and oxygen atoms in total. The Bertz CT molecular complexity index is 460. The van der Waals surface area contributed by atoms with Crippen LogP contribution in [0.1, 0.15) is 26.7 Å². The van der Waals surface area contributed by atoms with Crippen LogP contribution in [-0.2, 0) is 4.79 Å². The number of nitrogens with one attached hydrogen (secondary N) is 2. The van der Waals surface area contributed by atoms with Crippen LogP contribution in [0.4, 0.5) is 16.2 Å². The summed E-state index contributed by atoms with van der Waals surface area (Å²) in [5.74, 6) is -0.138. The first-order valence-electron chi connectivity index (χ1n) is 7.11. The average molecular weight is 293 g/mol. The van der Waals surface area contributed by atoms with E-state index in [4.69, 9.17) is 5.11 Å². The lowest BCUT2D eigenvalue weighted by atomic mass is 10.2. The summed E-state index contributed by atoms with van der Waals surface area (Å²) in [6.45, 7) is 4.37. The average Bonchev–Trinajstić information content (AvgIpc) is 2.45. The summed E-state index contributed by atoms with van der Waals surface area (Å²) in [4.78, 5) is 24.6. The molecular weight excluding hydrogens is 270 g/mol. The number of nitrogens with zero attached hydrogens (tertiary/aromatic N) is 1. The number of unbranched alkanes of at least 4 members (excludes halogenated alkanes) is 1. The molecule has 6 heteroatoms. The number of carbonyl (C=O) groups is 2. The van der Waals surface area contributed by atoms with Crippen molar-refractivity contribution in [3.63, 3.8) is 0 Å². The van der Waals surface area contributed by atoms with Crippen LogP contribution in [0, 0.1) is 0 Å². The fraction of sp³-hybridized carbons (Fsp3) is 0.467. The lowest BCUT2D eigenvalue weighted by Gasteiger charge is -2.22. The molecule has 0 aliphatic rings. The van der Waals surface area contributed by atoms with Crippen LogP contribution >= 0.6 is 0 Å². The summed E-state index contributed by atoms with van der Waals surface area (Å²) in [5, 5.41) is 14.5. The molecule has 0 fully saturated rings. The molecule has 0 saturated heterocycles. The first-order chi connectivity index (χ1) is 10.1. The van der Waals surface area contributed by atoms with Gasteiger partial charge in [-0.2, -0.15) is 0 Å². The molecule has 3 amide bonds. The molecule has 1 rings (SSSR count). The maximum Gasteiger partial charge on any atom is 0.321 e. The molecular formula is C15H23N3O3. The predicted molar refractivity (Wildman–Crippen MR) is 83.3 cm³/mol. The van der Waals surface area contributed by atoms with E-state index in [0.717, 1.165) is 12.8 Å². The summed E-state index contributed by atoms with van der Waals surface area (Å²) in [7, 11) is 0. The highest BCUT2D eigenvalue weighted by Crippen LogP contribution is 2.14. The highest BCUT2D eigenvalue weighted by molar-refractivity contribution is 5.91. The molecule has 0 unspecified atom stereocenters. The number of benzene rings is 1. The second kappa shape index (κ2) is 8.97. The minimum absolute atomic E-state index is 0.0569. The van der Waals surface area contributed by atoms with E-state index in [0.29, 0.717) is 24.5 Å². The largest absolute Gasteiger partial charge is 0.395 e. The highest BCUT2D eigenvalue weighted by atomic mass is 16.3. The van der Waals surface area contributed by atoms with E-state index in [9.17, 15) is 9.59 Å². The number of amides is 3. The Morgan fingerprint density at radius 2 is 1.67 bits per heavy atom. The molecule has 3 N–H and O–H groups in total. The number of urea groups is 1. The van der Waals surface area contributed by atoms with E-state index in [2.05, 4.69) is 17.6 Å². The van der Waals surface area contributed by atoms with E-state index in [1.54, 1.807) is 29.2 Å². The van der Waals surface area contributed by atoms with Gasteiger partial charge in [0.05, 0.1) is 6.61 Å². The maximum absolute atomic E-state index is 12.1. The minimum Gasteiger partial charge on any atom is -0.395 e. The van der Waals surface area contributed by atoms with Gasteiger partial charge in [-0.05, 0) is 30.7 Å². The van der Waals surface area contributed by atoms with Crippen molar-refractivity contribution in [2.45, 2.75) is 26.7 Å². The normalized spacial score (nSPS) is 10.0. The number of hydrogen-bond acceptors (Lipinski definition) is 3. The first kappa shape index (κ1) is 17.0. The zero-order valence-electron chi connectivity index (χ0n) is 12.6. The first-order valence-corrected chi connectivity index (χ1v) is 7.11. The van der Waals surface area contributed by atoms with Gasteiger partial charge in [-0.15, -0.1) is 0 Å². The van der Waals surface area contributed by atoms with Crippen LogP contribution in [0.15, 0.2) is 24.3 Å². The van der Waals surface area contributed by atoms with Crippen LogP contribution < -0.4 is 10.6 Å². The van der Waals surface area contributed by atoms with Gasteiger partial charge in [-0.3, -0.25) is 4.79 Å². The number of rotatable bonds is 7. The van der Waals surface area contributed by atoms with Gasteiger partial charge in [-0.25, -0.2) is 4.79 Å². The SMILES string of the molecule is CCCCN(CCO)C(=O)Nc1ccc(NC(C)=O)cc1. The van der Waals surface area contributed by atoms with Crippen molar-refractivity contribution in [2.75, 3.05) is 30.3 Å². The molecule has 0 bridgehead atoms. The van der Waals surface area contributed by atoms with Crippen molar-refractivity contribution < 1.29 is 14.7 Å². The molecule has 0 atom stereocenters. The highest BCUT2D eigenvalue weighted by Gasteiger charge is 2.12. The quantitative estimate of drug-likeness (QED) is 0.721. The summed E-state index contributed by atoms with van der Waals surface area (Å²) < 4.78 is 0. The van der Waals surface area contributed by atoms with Crippen molar-refractivity contribution in [2.24, 2.45) is 0 Å². The number of hydrogen-bond donors (Lipinski definition) is 3. The fourth-order valence-corrected chi connectivity index (χ4v) is 1.83. The van der Waals surface area contributed by atoms with Crippen LogP contribution in [-0.4, -0.2) is 41.6 Å². The molecule has 0 aliphatic carbocycles.